The van der Waals surface area contributed by atoms with Crippen molar-refractivity contribution in [1.29, 1.82) is 0 Å². The second-order valence-electron chi connectivity index (χ2n) is 3.49. The van der Waals surface area contributed by atoms with E-state index in [0.29, 0.717) is 0 Å². The van der Waals surface area contributed by atoms with Crippen molar-refractivity contribution in [2.75, 3.05) is 0 Å². The highest BCUT2D eigenvalue weighted by molar-refractivity contribution is 7.13. The summed E-state index contributed by atoms with van der Waals surface area (Å²) in [7, 11) is 0. The van der Waals surface area contributed by atoms with Crippen molar-refractivity contribution in [3.05, 3.63) is 60.0 Å². The predicted molar refractivity (Wildman–Crippen MR) is 69.7 cm³/mol. The van der Waals surface area contributed by atoms with Gasteiger partial charge in [-0.3, -0.25) is 0 Å². The van der Waals surface area contributed by atoms with Crippen LogP contribution in [0, 0.1) is 0 Å². The smallest absolute Gasteiger partial charge is 0.330 e. The van der Waals surface area contributed by atoms with Gasteiger partial charge in [0.1, 0.15) is 6.61 Å². The Morgan fingerprint density at radius 3 is 2.65 bits per heavy atom. The van der Waals surface area contributed by atoms with E-state index >= 15 is 0 Å². The molecule has 0 amide bonds. The van der Waals surface area contributed by atoms with Gasteiger partial charge in [0.05, 0.1) is 0 Å². The molecule has 2 nitrogen and oxygen atoms in total. The molecule has 1 heterocycles. The minimum atomic E-state index is -0.396. The van der Waals surface area contributed by atoms with Crippen LogP contribution in [0.5, 0.6) is 0 Å². The number of ether oxygens (including phenoxy) is 1. The lowest BCUT2D eigenvalue weighted by Gasteiger charge is -2.03. The molecule has 0 aliphatic heterocycles. The first kappa shape index (κ1) is 11.6. The van der Waals surface area contributed by atoms with Crippen LogP contribution in [0.25, 0.3) is 10.4 Å². The van der Waals surface area contributed by atoms with Crippen LogP contribution in [0.2, 0.25) is 0 Å². The third kappa shape index (κ3) is 3.04. The summed E-state index contributed by atoms with van der Waals surface area (Å²) in [6.45, 7) is 3.63. The Bertz CT molecular complexity index is 498. The lowest BCUT2D eigenvalue weighted by molar-refractivity contribution is -0.138. The number of carbonyl (C=O) groups excluding carboxylic acids is 1. The fourth-order valence-corrected chi connectivity index (χ4v) is 2.15. The molecule has 0 atom stereocenters. The molecule has 17 heavy (non-hydrogen) atoms. The summed E-state index contributed by atoms with van der Waals surface area (Å²) in [6, 6.07) is 12.1. The summed E-state index contributed by atoms with van der Waals surface area (Å²) >= 11 is 1.71. The molecule has 0 N–H and O–H groups in total. The first-order chi connectivity index (χ1) is 8.29. The van der Waals surface area contributed by atoms with Gasteiger partial charge < -0.3 is 4.74 Å². The van der Waals surface area contributed by atoms with Crippen molar-refractivity contribution < 1.29 is 9.53 Å². The highest BCUT2D eigenvalue weighted by atomic mass is 32.1. The van der Waals surface area contributed by atoms with Gasteiger partial charge in [0.25, 0.3) is 0 Å². The first-order valence-corrected chi connectivity index (χ1v) is 6.09. The molecule has 3 heteroatoms. The molecule has 0 saturated carbocycles. The highest BCUT2D eigenvalue weighted by Gasteiger charge is 2.00. The number of hydrogen-bond acceptors (Lipinski definition) is 3. The van der Waals surface area contributed by atoms with E-state index in [0.717, 1.165) is 5.56 Å². The van der Waals surface area contributed by atoms with Crippen LogP contribution in [0.3, 0.4) is 0 Å². The predicted octanol–water partition coefficient (Wildman–Crippen LogP) is 3.64. The van der Waals surface area contributed by atoms with Gasteiger partial charge >= 0.3 is 5.97 Å². The average Bonchev–Trinajstić information content (AvgIpc) is 2.90. The number of rotatable bonds is 4. The first-order valence-electron chi connectivity index (χ1n) is 5.21. The molecule has 86 valence electrons. The van der Waals surface area contributed by atoms with Crippen LogP contribution in [-0.4, -0.2) is 5.97 Å². The van der Waals surface area contributed by atoms with Crippen molar-refractivity contribution in [1.82, 2.24) is 0 Å². The van der Waals surface area contributed by atoms with Crippen molar-refractivity contribution in [3.63, 3.8) is 0 Å². The Labute approximate surface area is 104 Å². The molecular weight excluding hydrogens is 232 g/mol. The Kier molecular flexibility index (Phi) is 3.73. The van der Waals surface area contributed by atoms with Crippen molar-refractivity contribution in [3.8, 4) is 10.4 Å². The molecule has 1 aromatic heterocycles. The second-order valence-corrected chi connectivity index (χ2v) is 4.43. The molecule has 0 aliphatic rings. The fraction of sp³-hybridized carbons (Fsp3) is 0.0714. The SMILES string of the molecule is C=CC(=O)OCc1ccc(-c2cccs2)cc1. The van der Waals surface area contributed by atoms with Crippen LogP contribution in [-0.2, 0) is 16.1 Å². The molecule has 2 aromatic rings. The van der Waals surface area contributed by atoms with E-state index in [1.165, 1.54) is 16.5 Å². The van der Waals surface area contributed by atoms with Crippen molar-refractivity contribution in [2.45, 2.75) is 6.61 Å². The summed E-state index contributed by atoms with van der Waals surface area (Å²) in [5.74, 6) is -0.396. The minimum absolute atomic E-state index is 0.287. The van der Waals surface area contributed by atoms with Crippen LogP contribution >= 0.6 is 11.3 Å². The Balaban J connectivity index is 2.03. The zero-order chi connectivity index (χ0) is 12.1. The molecular formula is C14H12O2S. The zero-order valence-corrected chi connectivity index (χ0v) is 10.1. The summed E-state index contributed by atoms with van der Waals surface area (Å²) in [6.07, 6.45) is 1.17. The van der Waals surface area contributed by atoms with E-state index in [-0.39, 0.29) is 6.61 Å². The van der Waals surface area contributed by atoms with Crippen LogP contribution < -0.4 is 0 Å². The lowest BCUT2D eigenvalue weighted by atomic mass is 10.1. The molecule has 1 aromatic carbocycles. The zero-order valence-electron chi connectivity index (χ0n) is 9.26. The topological polar surface area (TPSA) is 26.3 Å². The molecule has 0 saturated heterocycles. The van der Waals surface area contributed by atoms with E-state index in [4.69, 9.17) is 4.74 Å². The maximum atomic E-state index is 10.9. The van der Waals surface area contributed by atoms with Gasteiger partial charge in [-0.1, -0.05) is 36.9 Å². The van der Waals surface area contributed by atoms with Gasteiger partial charge in [-0.25, -0.2) is 4.79 Å². The van der Waals surface area contributed by atoms with E-state index < -0.39 is 5.97 Å². The summed E-state index contributed by atoms with van der Waals surface area (Å²) in [4.78, 5) is 12.1. The maximum Gasteiger partial charge on any atom is 0.330 e. The van der Waals surface area contributed by atoms with Crippen molar-refractivity contribution >= 4 is 17.3 Å². The minimum Gasteiger partial charge on any atom is -0.458 e. The van der Waals surface area contributed by atoms with Crippen LogP contribution in [0.1, 0.15) is 5.56 Å². The maximum absolute atomic E-state index is 10.9. The average molecular weight is 244 g/mol. The Hall–Kier alpha value is -1.87. The normalized spacial score (nSPS) is 9.88. The monoisotopic (exact) mass is 244 g/mol. The van der Waals surface area contributed by atoms with E-state index in [9.17, 15) is 4.79 Å². The van der Waals surface area contributed by atoms with Gasteiger partial charge in [0.15, 0.2) is 0 Å². The molecule has 0 unspecified atom stereocenters. The summed E-state index contributed by atoms with van der Waals surface area (Å²) in [5.41, 5.74) is 2.15. The fourth-order valence-electron chi connectivity index (χ4n) is 1.42. The van der Waals surface area contributed by atoms with E-state index in [1.54, 1.807) is 11.3 Å². The largest absolute Gasteiger partial charge is 0.458 e. The molecule has 0 aliphatic carbocycles. The standard InChI is InChI=1S/C14H12O2S/c1-2-14(15)16-10-11-5-7-12(8-6-11)13-4-3-9-17-13/h2-9H,1,10H2. The molecule has 0 fully saturated rings. The van der Waals surface area contributed by atoms with E-state index in [1.807, 2.05) is 30.3 Å². The van der Waals surface area contributed by atoms with Gasteiger partial charge in [0.2, 0.25) is 0 Å². The number of hydrogen-bond donors (Lipinski definition) is 0. The third-order valence-electron chi connectivity index (χ3n) is 2.31. The van der Waals surface area contributed by atoms with E-state index in [2.05, 4.69) is 18.0 Å². The number of carbonyl (C=O) groups is 1. The molecule has 2 rings (SSSR count). The summed E-state index contributed by atoms with van der Waals surface area (Å²) < 4.78 is 4.95. The number of thiophene rings is 1. The highest BCUT2D eigenvalue weighted by Crippen LogP contribution is 2.24. The van der Waals surface area contributed by atoms with Crippen LogP contribution in [0.4, 0.5) is 0 Å². The summed E-state index contributed by atoms with van der Waals surface area (Å²) in [5, 5.41) is 2.05. The molecule has 0 spiro atoms. The molecule has 0 bridgehead atoms. The number of benzene rings is 1. The second kappa shape index (κ2) is 5.46. The molecule has 0 radical (unpaired) electrons. The van der Waals surface area contributed by atoms with Crippen molar-refractivity contribution in [2.24, 2.45) is 0 Å². The van der Waals surface area contributed by atoms with Gasteiger partial charge in [-0.05, 0) is 22.6 Å². The lowest BCUT2D eigenvalue weighted by Crippen LogP contribution is -1.99. The quantitative estimate of drug-likeness (QED) is 0.606. The van der Waals surface area contributed by atoms with Gasteiger partial charge in [0, 0.05) is 11.0 Å². The Morgan fingerprint density at radius 2 is 2.06 bits per heavy atom. The van der Waals surface area contributed by atoms with Gasteiger partial charge in [-0.15, -0.1) is 11.3 Å². The van der Waals surface area contributed by atoms with Gasteiger partial charge in [-0.2, -0.15) is 0 Å². The van der Waals surface area contributed by atoms with Crippen LogP contribution in [0.15, 0.2) is 54.4 Å². The Morgan fingerprint density at radius 1 is 1.29 bits per heavy atom. The number of esters is 1. The third-order valence-corrected chi connectivity index (χ3v) is 3.23.